The topological polar surface area (TPSA) is 38.8 Å². The van der Waals surface area contributed by atoms with Crippen molar-refractivity contribution in [2.75, 3.05) is 11.5 Å². The molecule has 0 spiro atoms. The van der Waals surface area contributed by atoms with Crippen LogP contribution in [0.15, 0.2) is 59.5 Å². The van der Waals surface area contributed by atoms with Gasteiger partial charge in [-0.1, -0.05) is 65.4 Å². The molecule has 4 nitrogen and oxygen atoms in total. The van der Waals surface area contributed by atoms with Crippen molar-refractivity contribution in [3.8, 4) is 11.5 Å². The summed E-state index contributed by atoms with van der Waals surface area (Å²) in [5.74, 6) is 0.200. The van der Waals surface area contributed by atoms with E-state index in [0.717, 1.165) is 26.5 Å². The Morgan fingerprint density at radius 2 is 1.91 bits per heavy atom. The Morgan fingerprint density at radius 1 is 1.14 bits per heavy atom. The second-order valence-electron chi connectivity index (χ2n) is 7.26. The molecule has 180 valence electrons. The highest BCUT2D eigenvalue weighted by molar-refractivity contribution is 14.1. The number of ether oxygens (including phenoxy) is 2. The summed E-state index contributed by atoms with van der Waals surface area (Å²) in [5.41, 5.74) is 1.64. The van der Waals surface area contributed by atoms with E-state index in [1.807, 2.05) is 19.1 Å². The van der Waals surface area contributed by atoms with Crippen LogP contribution in [0, 0.1) is 9.39 Å². The number of thiocarbonyl (C=S) groups is 1. The SMILES string of the molecule is CCOc1cc(/C=C2\SC(=S)N(c3ccccc3F)C2=O)cc(I)c1OCc1ccc(Cl)cc1Cl. The fourth-order valence-corrected chi connectivity index (χ4v) is 5.85. The van der Waals surface area contributed by atoms with E-state index in [-0.39, 0.29) is 22.5 Å². The summed E-state index contributed by atoms with van der Waals surface area (Å²) >= 11 is 20.9. The van der Waals surface area contributed by atoms with E-state index in [1.54, 1.807) is 36.4 Å². The van der Waals surface area contributed by atoms with Crippen LogP contribution in [-0.2, 0) is 11.4 Å². The van der Waals surface area contributed by atoms with Crippen molar-refractivity contribution >= 4 is 91.8 Å². The highest BCUT2D eigenvalue weighted by atomic mass is 127. The van der Waals surface area contributed by atoms with E-state index in [4.69, 9.17) is 44.9 Å². The number of carbonyl (C=O) groups is 1. The number of hydrogen-bond acceptors (Lipinski definition) is 5. The molecule has 3 aromatic carbocycles. The monoisotopic (exact) mass is 659 g/mol. The minimum absolute atomic E-state index is 0.132. The summed E-state index contributed by atoms with van der Waals surface area (Å²) in [4.78, 5) is 14.7. The van der Waals surface area contributed by atoms with Crippen LogP contribution in [0.3, 0.4) is 0 Å². The van der Waals surface area contributed by atoms with Crippen molar-refractivity contribution in [3.05, 3.63) is 90.1 Å². The Labute approximate surface area is 235 Å². The Kier molecular flexibility index (Phi) is 8.59. The quantitative estimate of drug-likeness (QED) is 0.146. The molecule has 1 amide bonds. The van der Waals surface area contributed by atoms with Crippen LogP contribution in [0.4, 0.5) is 10.1 Å². The molecule has 4 rings (SSSR count). The Hall–Kier alpha value is -1.85. The van der Waals surface area contributed by atoms with Gasteiger partial charge in [-0.2, -0.15) is 0 Å². The summed E-state index contributed by atoms with van der Waals surface area (Å²) in [6, 6.07) is 14.9. The predicted octanol–water partition coefficient (Wildman–Crippen LogP) is 8.12. The molecule has 1 saturated heterocycles. The molecule has 1 heterocycles. The van der Waals surface area contributed by atoms with Gasteiger partial charge in [-0.05, 0) is 77.6 Å². The zero-order chi connectivity index (χ0) is 25.1. The lowest BCUT2D eigenvalue weighted by Crippen LogP contribution is -2.28. The summed E-state index contributed by atoms with van der Waals surface area (Å²) < 4.78 is 27.2. The van der Waals surface area contributed by atoms with E-state index in [2.05, 4.69) is 22.6 Å². The van der Waals surface area contributed by atoms with Gasteiger partial charge in [0.2, 0.25) is 0 Å². The Bertz CT molecular complexity index is 1350. The third-order valence-corrected chi connectivity index (χ3v) is 7.59. The van der Waals surface area contributed by atoms with Gasteiger partial charge in [0.05, 0.1) is 20.8 Å². The number of thioether (sulfide) groups is 1. The molecular formula is C25H17Cl2FINO3S2. The average Bonchev–Trinajstić information content (AvgIpc) is 3.07. The van der Waals surface area contributed by atoms with Crippen LogP contribution < -0.4 is 14.4 Å². The fourth-order valence-electron chi connectivity index (χ4n) is 3.32. The Morgan fingerprint density at radius 3 is 2.63 bits per heavy atom. The zero-order valence-corrected chi connectivity index (χ0v) is 23.5. The molecule has 3 aromatic rings. The third kappa shape index (κ3) is 5.94. The van der Waals surface area contributed by atoms with Crippen LogP contribution in [0.1, 0.15) is 18.1 Å². The zero-order valence-electron chi connectivity index (χ0n) is 18.2. The van der Waals surface area contributed by atoms with Gasteiger partial charge in [0, 0.05) is 15.6 Å². The van der Waals surface area contributed by atoms with Gasteiger partial charge in [-0.3, -0.25) is 9.69 Å². The molecule has 0 atom stereocenters. The van der Waals surface area contributed by atoms with Gasteiger partial charge in [-0.15, -0.1) is 0 Å². The van der Waals surface area contributed by atoms with Gasteiger partial charge >= 0.3 is 0 Å². The fraction of sp³-hybridized carbons (Fsp3) is 0.120. The molecule has 0 radical (unpaired) electrons. The molecule has 0 saturated carbocycles. The first-order chi connectivity index (χ1) is 16.8. The Balaban J connectivity index is 1.61. The number of carbonyl (C=O) groups excluding carboxylic acids is 1. The number of anilines is 1. The van der Waals surface area contributed by atoms with Crippen molar-refractivity contribution in [3.63, 3.8) is 0 Å². The number of benzene rings is 3. The molecule has 0 aliphatic carbocycles. The van der Waals surface area contributed by atoms with Crippen LogP contribution in [-0.4, -0.2) is 16.8 Å². The average molecular weight is 660 g/mol. The smallest absolute Gasteiger partial charge is 0.270 e. The van der Waals surface area contributed by atoms with Gasteiger partial charge in [-0.25, -0.2) is 4.39 Å². The third-order valence-electron chi connectivity index (χ3n) is 4.90. The van der Waals surface area contributed by atoms with Gasteiger partial charge < -0.3 is 9.47 Å². The molecule has 1 aliphatic heterocycles. The van der Waals surface area contributed by atoms with E-state index in [0.29, 0.717) is 33.1 Å². The maximum atomic E-state index is 14.3. The van der Waals surface area contributed by atoms with Crippen LogP contribution in [0.25, 0.3) is 6.08 Å². The maximum Gasteiger partial charge on any atom is 0.270 e. The predicted molar refractivity (Wildman–Crippen MR) is 153 cm³/mol. The van der Waals surface area contributed by atoms with E-state index < -0.39 is 5.82 Å². The maximum absolute atomic E-state index is 14.3. The molecule has 10 heteroatoms. The number of para-hydroxylation sites is 1. The number of nitrogens with zero attached hydrogens (tertiary/aromatic N) is 1. The molecular weight excluding hydrogens is 643 g/mol. The molecule has 35 heavy (non-hydrogen) atoms. The first kappa shape index (κ1) is 26.2. The van der Waals surface area contributed by atoms with Gasteiger partial charge in [0.25, 0.3) is 5.91 Å². The normalized spacial score (nSPS) is 14.7. The van der Waals surface area contributed by atoms with Crippen molar-refractivity contribution in [1.29, 1.82) is 0 Å². The van der Waals surface area contributed by atoms with Gasteiger partial charge in [0.1, 0.15) is 12.4 Å². The van der Waals surface area contributed by atoms with Crippen molar-refractivity contribution in [2.45, 2.75) is 13.5 Å². The van der Waals surface area contributed by atoms with E-state index >= 15 is 0 Å². The van der Waals surface area contributed by atoms with Crippen LogP contribution in [0.5, 0.6) is 11.5 Å². The van der Waals surface area contributed by atoms with E-state index in [9.17, 15) is 9.18 Å². The van der Waals surface area contributed by atoms with Gasteiger partial charge in [0.15, 0.2) is 15.8 Å². The molecule has 0 unspecified atom stereocenters. The molecule has 0 N–H and O–H groups in total. The highest BCUT2D eigenvalue weighted by Crippen LogP contribution is 2.40. The van der Waals surface area contributed by atoms with Crippen molar-refractivity contribution in [2.24, 2.45) is 0 Å². The van der Waals surface area contributed by atoms with Crippen molar-refractivity contribution in [1.82, 2.24) is 0 Å². The molecule has 1 aliphatic rings. The number of halogens is 4. The highest BCUT2D eigenvalue weighted by Gasteiger charge is 2.34. The summed E-state index contributed by atoms with van der Waals surface area (Å²) in [5, 5.41) is 1.06. The first-order valence-corrected chi connectivity index (χ1v) is 13.4. The number of rotatable bonds is 7. The van der Waals surface area contributed by atoms with E-state index in [1.165, 1.54) is 17.0 Å². The van der Waals surface area contributed by atoms with Crippen molar-refractivity contribution < 1.29 is 18.7 Å². The lowest BCUT2D eigenvalue weighted by molar-refractivity contribution is -0.113. The largest absolute Gasteiger partial charge is 0.490 e. The number of hydrogen-bond donors (Lipinski definition) is 0. The number of amides is 1. The minimum Gasteiger partial charge on any atom is -0.490 e. The molecule has 1 fully saturated rings. The first-order valence-electron chi connectivity index (χ1n) is 10.3. The standard InChI is InChI=1S/C25H17Cl2FINO3S2/c1-2-32-21-10-14(9-19(29)23(21)33-13-15-7-8-16(26)12-17(15)27)11-22-24(31)30(25(34)35-22)20-6-4-3-5-18(20)28/h3-12H,2,13H2,1H3/b22-11-. The second kappa shape index (κ2) is 11.5. The molecule has 0 bridgehead atoms. The lowest BCUT2D eigenvalue weighted by atomic mass is 10.1. The second-order valence-corrected chi connectivity index (χ2v) is 10.9. The molecule has 0 aromatic heterocycles. The summed E-state index contributed by atoms with van der Waals surface area (Å²) in [6.07, 6.45) is 1.71. The summed E-state index contributed by atoms with van der Waals surface area (Å²) in [6.45, 7) is 2.53. The lowest BCUT2D eigenvalue weighted by Gasteiger charge is -2.16. The minimum atomic E-state index is -0.513. The summed E-state index contributed by atoms with van der Waals surface area (Å²) in [7, 11) is 0. The van der Waals surface area contributed by atoms with Crippen LogP contribution in [0.2, 0.25) is 10.0 Å². The van der Waals surface area contributed by atoms with Crippen LogP contribution >= 0.6 is 69.8 Å².